The first-order valence-corrected chi connectivity index (χ1v) is 7.79. The Balaban J connectivity index is 2.09. The molecule has 3 unspecified atom stereocenters. The molecule has 0 heterocycles. The lowest BCUT2D eigenvalue weighted by Crippen LogP contribution is -2.15. The third-order valence-corrected chi connectivity index (χ3v) is 4.74. The third kappa shape index (κ3) is 4.04. The summed E-state index contributed by atoms with van der Waals surface area (Å²) in [7, 11) is 0. The van der Waals surface area contributed by atoms with E-state index in [4.69, 9.17) is 16.3 Å². The lowest BCUT2D eigenvalue weighted by atomic mass is 10.1. The number of carbonyl (C=O) groups excluding carboxylic acids is 1. The molecule has 25 heavy (non-hydrogen) atoms. The van der Waals surface area contributed by atoms with Crippen molar-refractivity contribution in [1.82, 2.24) is 0 Å². The number of rotatable bonds is 5. The zero-order valence-corrected chi connectivity index (χ0v) is 14.0. The minimum Gasteiger partial charge on any atom is -0.460 e. The number of hydrogen-bond donors (Lipinski definition) is 0. The molecular formula is C16H15ClF6O2. The molecule has 140 valence electrons. The molecule has 0 amide bonds. The highest BCUT2D eigenvalue weighted by molar-refractivity contribution is 6.19. The summed E-state index contributed by atoms with van der Waals surface area (Å²) in [5.41, 5.74) is -4.84. The highest BCUT2D eigenvalue weighted by Gasteiger charge is 2.62. The fraction of sp³-hybridized carbons (Fsp3) is 0.562. The highest BCUT2D eigenvalue weighted by Crippen LogP contribution is 2.61. The number of benzene rings is 1. The number of ether oxygens (including phenoxy) is 1. The Morgan fingerprint density at radius 1 is 1.32 bits per heavy atom. The van der Waals surface area contributed by atoms with Crippen molar-refractivity contribution < 1.29 is 35.9 Å². The van der Waals surface area contributed by atoms with E-state index in [-0.39, 0.29) is 12.3 Å². The van der Waals surface area contributed by atoms with Gasteiger partial charge in [0.25, 0.3) is 0 Å². The molecule has 1 aliphatic carbocycles. The van der Waals surface area contributed by atoms with Crippen molar-refractivity contribution in [2.45, 2.75) is 38.7 Å². The standard InChI is InChI=1S/C16H15ClF6O2/c1-15(2)8(5-10(17)19)11(15)14(24)25-6-7-3-4-9(18)12(13(7)20)16(21,22)23/h3-4,8,10-11H,5-6H2,1-2H3. The van der Waals surface area contributed by atoms with Gasteiger partial charge in [-0.05, 0) is 29.9 Å². The second kappa shape index (κ2) is 6.70. The van der Waals surface area contributed by atoms with Crippen LogP contribution in [0.2, 0.25) is 0 Å². The molecule has 2 nitrogen and oxygen atoms in total. The molecule has 0 aliphatic heterocycles. The Kier molecular flexibility index (Phi) is 5.33. The molecule has 0 aromatic heterocycles. The molecule has 0 spiro atoms. The smallest absolute Gasteiger partial charge is 0.422 e. The van der Waals surface area contributed by atoms with E-state index in [1.807, 2.05) is 0 Å². The van der Waals surface area contributed by atoms with Crippen molar-refractivity contribution in [2.24, 2.45) is 17.3 Å². The van der Waals surface area contributed by atoms with Crippen molar-refractivity contribution in [3.05, 3.63) is 34.9 Å². The Morgan fingerprint density at radius 2 is 1.92 bits per heavy atom. The van der Waals surface area contributed by atoms with Crippen LogP contribution < -0.4 is 0 Å². The molecule has 1 aliphatic rings. The predicted molar refractivity (Wildman–Crippen MR) is 77.3 cm³/mol. The predicted octanol–water partition coefficient (Wildman–Crippen LogP) is 5.22. The van der Waals surface area contributed by atoms with E-state index < -0.39 is 58.5 Å². The SMILES string of the molecule is CC1(C)C(CC(F)Cl)C1C(=O)OCc1ccc(F)c(C(F)(F)F)c1F. The minimum absolute atomic E-state index is 0.0720. The number of alkyl halides is 5. The second-order valence-electron chi connectivity index (χ2n) is 6.53. The molecule has 0 radical (unpaired) electrons. The van der Waals surface area contributed by atoms with Crippen molar-refractivity contribution >= 4 is 17.6 Å². The monoisotopic (exact) mass is 388 g/mol. The van der Waals surface area contributed by atoms with E-state index in [0.29, 0.717) is 6.07 Å². The van der Waals surface area contributed by atoms with Crippen LogP contribution in [0.25, 0.3) is 0 Å². The molecule has 0 N–H and O–H groups in total. The summed E-state index contributed by atoms with van der Waals surface area (Å²) in [4.78, 5) is 12.0. The van der Waals surface area contributed by atoms with Gasteiger partial charge in [-0.1, -0.05) is 25.4 Å². The molecule has 0 saturated heterocycles. The van der Waals surface area contributed by atoms with E-state index >= 15 is 0 Å². The van der Waals surface area contributed by atoms with Gasteiger partial charge in [0.05, 0.1) is 5.92 Å². The van der Waals surface area contributed by atoms with Gasteiger partial charge in [-0.25, -0.2) is 13.2 Å². The summed E-state index contributed by atoms with van der Waals surface area (Å²) in [6, 6.07) is 1.24. The zero-order valence-electron chi connectivity index (χ0n) is 13.3. The fourth-order valence-electron chi connectivity index (χ4n) is 3.05. The van der Waals surface area contributed by atoms with Crippen LogP contribution in [0.5, 0.6) is 0 Å². The van der Waals surface area contributed by atoms with Crippen molar-refractivity contribution in [1.29, 1.82) is 0 Å². The quantitative estimate of drug-likeness (QED) is 0.392. The van der Waals surface area contributed by atoms with E-state index in [2.05, 4.69) is 0 Å². The topological polar surface area (TPSA) is 26.3 Å². The molecular weight excluding hydrogens is 374 g/mol. The van der Waals surface area contributed by atoms with Gasteiger partial charge in [-0.3, -0.25) is 4.79 Å². The Morgan fingerprint density at radius 3 is 2.44 bits per heavy atom. The average Bonchev–Trinajstić information content (AvgIpc) is 2.96. The number of carbonyl (C=O) groups is 1. The Hall–Kier alpha value is -1.44. The second-order valence-corrected chi connectivity index (χ2v) is 7.01. The fourth-order valence-corrected chi connectivity index (χ4v) is 3.24. The van der Waals surface area contributed by atoms with Crippen LogP contribution in [0.15, 0.2) is 12.1 Å². The van der Waals surface area contributed by atoms with Gasteiger partial charge in [0.1, 0.15) is 23.8 Å². The van der Waals surface area contributed by atoms with Crippen LogP contribution in [0.1, 0.15) is 31.4 Å². The van der Waals surface area contributed by atoms with Crippen molar-refractivity contribution in [3.8, 4) is 0 Å². The maximum atomic E-state index is 13.9. The van der Waals surface area contributed by atoms with Crippen LogP contribution in [-0.4, -0.2) is 11.6 Å². The Labute approximate surface area is 145 Å². The number of halogens is 7. The summed E-state index contributed by atoms with van der Waals surface area (Å²) >= 11 is 5.27. The Bertz CT molecular complexity index is 671. The molecule has 9 heteroatoms. The van der Waals surface area contributed by atoms with Gasteiger partial charge < -0.3 is 4.74 Å². The zero-order chi connectivity index (χ0) is 19.2. The van der Waals surface area contributed by atoms with Gasteiger partial charge in [0, 0.05) is 5.56 Å². The molecule has 1 saturated carbocycles. The summed E-state index contributed by atoms with van der Waals surface area (Å²) in [6.07, 6.45) is -5.29. The normalized spacial score (nSPS) is 23.2. The molecule has 1 aromatic carbocycles. The van der Waals surface area contributed by atoms with Gasteiger partial charge >= 0.3 is 12.1 Å². The summed E-state index contributed by atoms with van der Waals surface area (Å²) in [6.45, 7) is 2.61. The molecule has 1 fully saturated rings. The first-order valence-electron chi connectivity index (χ1n) is 7.36. The van der Waals surface area contributed by atoms with E-state index in [0.717, 1.165) is 6.07 Å². The van der Waals surface area contributed by atoms with Crippen LogP contribution in [0.3, 0.4) is 0 Å². The van der Waals surface area contributed by atoms with Crippen molar-refractivity contribution in [2.75, 3.05) is 0 Å². The molecule has 2 rings (SSSR count). The van der Waals surface area contributed by atoms with Gasteiger partial charge in [-0.2, -0.15) is 13.2 Å². The van der Waals surface area contributed by atoms with Crippen LogP contribution in [0.4, 0.5) is 26.3 Å². The van der Waals surface area contributed by atoms with Crippen LogP contribution >= 0.6 is 11.6 Å². The maximum Gasteiger partial charge on any atom is 0.422 e. The summed E-state index contributed by atoms with van der Waals surface area (Å²) < 4.78 is 82.8. The first kappa shape index (κ1) is 19.9. The van der Waals surface area contributed by atoms with Crippen molar-refractivity contribution in [3.63, 3.8) is 0 Å². The minimum atomic E-state index is -5.21. The molecule has 1 aromatic rings. The number of esters is 1. The van der Waals surface area contributed by atoms with Gasteiger partial charge in [-0.15, -0.1) is 0 Å². The first-order chi connectivity index (χ1) is 11.4. The van der Waals surface area contributed by atoms with E-state index in [1.54, 1.807) is 13.8 Å². The number of hydrogen-bond acceptors (Lipinski definition) is 2. The van der Waals surface area contributed by atoms with Crippen LogP contribution in [-0.2, 0) is 22.3 Å². The summed E-state index contributed by atoms with van der Waals surface area (Å²) in [5, 5.41) is 0. The highest BCUT2D eigenvalue weighted by atomic mass is 35.5. The van der Waals surface area contributed by atoms with Gasteiger partial charge in [0.15, 0.2) is 5.63 Å². The van der Waals surface area contributed by atoms with Gasteiger partial charge in [0.2, 0.25) is 0 Å². The third-order valence-electron chi connectivity index (χ3n) is 4.56. The van der Waals surface area contributed by atoms with E-state index in [1.165, 1.54) is 0 Å². The summed E-state index contributed by atoms with van der Waals surface area (Å²) in [5.74, 6) is -5.42. The van der Waals surface area contributed by atoms with Crippen LogP contribution in [0, 0.1) is 28.9 Å². The molecule has 3 atom stereocenters. The average molecular weight is 389 g/mol. The lowest BCUT2D eigenvalue weighted by molar-refractivity contribution is -0.147. The lowest BCUT2D eigenvalue weighted by Gasteiger charge is -2.13. The largest absolute Gasteiger partial charge is 0.460 e. The molecule has 0 bridgehead atoms. The van der Waals surface area contributed by atoms with E-state index in [9.17, 15) is 31.1 Å². The maximum absolute atomic E-state index is 13.9.